The monoisotopic (exact) mass is 374 g/mol. The lowest BCUT2D eigenvalue weighted by atomic mass is 10.1. The molecule has 140 valence electrons. The van der Waals surface area contributed by atoms with Crippen LogP contribution in [0.25, 0.3) is 16.7 Å². The molecular weight excluding hydrogens is 356 g/mol. The minimum Gasteiger partial charge on any atom is -0.325 e. The Morgan fingerprint density at radius 1 is 1.14 bits per heavy atom. The van der Waals surface area contributed by atoms with Gasteiger partial charge in [-0.1, -0.05) is 12.1 Å². The predicted octanol–water partition coefficient (Wildman–Crippen LogP) is 2.31. The molecular formula is C20H18N6O2. The second-order valence-corrected chi connectivity index (χ2v) is 6.37. The van der Waals surface area contributed by atoms with Crippen molar-refractivity contribution < 1.29 is 4.79 Å². The number of aromatic nitrogens is 5. The predicted molar refractivity (Wildman–Crippen MR) is 105 cm³/mol. The highest BCUT2D eigenvalue weighted by atomic mass is 16.2. The molecule has 8 heteroatoms. The van der Waals surface area contributed by atoms with Gasteiger partial charge in [0.15, 0.2) is 5.82 Å². The summed E-state index contributed by atoms with van der Waals surface area (Å²) >= 11 is 0. The van der Waals surface area contributed by atoms with Gasteiger partial charge in [-0.3, -0.25) is 14.2 Å². The van der Waals surface area contributed by atoms with Crippen molar-refractivity contribution >= 4 is 22.5 Å². The zero-order chi connectivity index (χ0) is 19.5. The molecule has 0 fully saturated rings. The van der Waals surface area contributed by atoms with Crippen LogP contribution in [0.1, 0.15) is 12.0 Å². The second-order valence-electron chi connectivity index (χ2n) is 6.37. The van der Waals surface area contributed by atoms with E-state index in [1.54, 1.807) is 41.5 Å². The van der Waals surface area contributed by atoms with E-state index in [-0.39, 0.29) is 24.4 Å². The zero-order valence-corrected chi connectivity index (χ0v) is 15.2. The topological polar surface area (TPSA) is 94.7 Å². The fourth-order valence-corrected chi connectivity index (χ4v) is 2.94. The molecule has 3 heterocycles. The Morgan fingerprint density at radius 2 is 2.04 bits per heavy atom. The van der Waals surface area contributed by atoms with E-state index in [0.717, 1.165) is 5.56 Å². The van der Waals surface area contributed by atoms with Gasteiger partial charge in [-0.15, -0.1) is 0 Å². The Kier molecular flexibility index (Phi) is 4.67. The van der Waals surface area contributed by atoms with Gasteiger partial charge in [-0.2, -0.15) is 5.10 Å². The maximum atomic E-state index is 12.6. The van der Waals surface area contributed by atoms with Gasteiger partial charge in [0.05, 0.1) is 29.1 Å². The highest BCUT2D eigenvalue weighted by molar-refractivity contribution is 5.90. The first-order valence-corrected chi connectivity index (χ1v) is 8.82. The van der Waals surface area contributed by atoms with Gasteiger partial charge in [0.1, 0.15) is 0 Å². The number of amides is 1. The first-order valence-electron chi connectivity index (χ1n) is 8.82. The Bertz CT molecular complexity index is 1180. The fourth-order valence-electron chi connectivity index (χ4n) is 2.94. The van der Waals surface area contributed by atoms with Crippen molar-refractivity contribution in [1.29, 1.82) is 0 Å². The van der Waals surface area contributed by atoms with Gasteiger partial charge in [0.25, 0.3) is 5.56 Å². The SMILES string of the molecule is Cc1cccc2c(=O)n(CCC(=O)Nc3ccc(-n4cccn4)nc3)cnc12. The van der Waals surface area contributed by atoms with Crippen LogP contribution in [0, 0.1) is 6.92 Å². The van der Waals surface area contributed by atoms with Gasteiger partial charge in [-0.05, 0) is 36.8 Å². The van der Waals surface area contributed by atoms with Crippen molar-refractivity contribution in [2.24, 2.45) is 0 Å². The van der Waals surface area contributed by atoms with Crippen LogP contribution in [0.4, 0.5) is 5.69 Å². The summed E-state index contributed by atoms with van der Waals surface area (Å²) in [4.78, 5) is 33.4. The highest BCUT2D eigenvalue weighted by Gasteiger charge is 2.08. The summed E-state index contributed by atoms with van der Waals surface area (Å²) in [6.45, 7) is 2.17. The molecule has 1 aromatic carbocycles. The number of rotatable bonds is 5. The van der Waals surface area contributed by atoms with Crippen molar-refractivity contribution in [2.45, 2.75) is 19.9 Å². The van der Waals surface area contributed by atoms with E-state index in [9.17, 15) is 9.59 Å². The molecule has 0 aliphatic rings. The number of pyridine rings is 1. The molecule has 0 spiro atoms. The number of fused-ring (bicyclic) bond motifs is 1. The molecule has 0 unspecified atom stereocenters. The first-order chi connectivity index (χ1) is 13.6. The van der Waals surface area contributed by atoms with Gasteiger partial charge in [-0.25, -0.2) is 14.6 Å². The lowest BCUT2D eigenvalue weighted by Crippen LogP contribution is -2.23. The van der Waals surface area contributed by atoms with Crippen LogP contribution in [-0.2, 0) is 11.3 Å². The number of aryl methyl sites for hydroxylation is 2. The summed E-state index contributed by atoms with van der Waals surface area (Å²) in [7, 11) is 0. The number of benzene rings is 1. The molecule has 0 saturated heterocycles. The molecule has 8 nitrogen and oxygen atoms in total. The molecule has 0 radical (unpaired) electrons. The van der Waals surface area contributed by atoms with Gasteiger partial charge >= 0.3 is 0 Å². The minimum atomic E-state index is -0.204. The van der Waals surface area contributed by atoms with Crippen LogP contribution >= 0.6 is 0 Å². The lowest BCUT2D eigenvalue weighted by Gasteiger charge is -2.09. The van der Waals surface area contributed by atoms with Crippen LogP contribution < -0.4 is 10.9 Å². The number of nitrogens with one attached hydrogen (secondary N) is 1. The van der Waals surface area contributed by atoms with Crippen LogP contribution in [-0.4, -0.2) is 30.2 Å². The van der Waals surface area contributed by atoms with Crippen LogP contribution in [0.5, 0.6) is 0 Å². The van der Waals surface area contributed by atoms with Crippen LogP contribution in [0.3, 0.4) is 0 Å². The quantitative estimate of drug-likeness (QED) is 0.578. The number of para-hydroxylation sites is 1. The standard InChI is InChI=1S/C20H18N6O2/c1-14-4-2-5-16-19(14)22-13-25(20(16)28)11-8-18(27)24-15-6-7-17(21-12-15)26-10-3-9-23-26/h2-7,9-10,12-13H,8,11H2,1H3,(H,24,27). The summed E-state index contributed by atoms with van der Waals surface area (Å²) in [5.74, 6) is 0.456. The van der Waals surface area contributed by atoms with E-state index in [1.807, 2.05) is 25.1 Å². The van der Waals surface area contributed by atoms with Gasteiger partial charge in [0.2, 0.25) is 5.91 Å². The Labute approximate surface area is 160 Å². The molecule has 4 rings (SSSR count). The van der Waals surface area contributed by atoms with Crippen LogP contribution in [0.15, 0.2) is 66.1 Å². The molecule has 0 bridgehead atoms. The molecule has 28 heavy (non-hydrogen) atoms. The third kappa shape index (κ3) is 3.52. The Morgan fingerprint density at radius 3 is 2.79 bits per heavy atom. The van der Waals surface area contributed by atoms with Crippen molar-refractivity contribution in [2.75, 3.05) is 5.32 Å². The van der Waals surface area contributed by atoms with Crippen molar-refractivity contribution in [1.82, 2.24) is 24.3 Å². The first kappa shape index (κ1) is 17.6. The summed E-state index contributed by atoms with van der Waals surface area (Å²) in [6.07, 6.45) is 6.67. The molecule has 0 aliphatic carbocycles. The summed E-state index contributed by atoms with van der Waals surface area (Å²) in [5, 5.41) is 7.44. The van der Waals surface area contributed by atoms with E-state index in [1.165, 1.54) is 10.9 Å². The number of hydrogen-bond donors (Lipinski definition) is 1. The smallest absolute Gasteiger partial charge is 0.261 e. The van der Waals surface area contributed by atoms with Gasteiger partial charge in [0, 0.05) is 25.4 Å². The Balaban J connectivity index is 1.41. The lowest BCUT2D eigenvalue weighted by molar-refractivity contribution is -0.116. The molecule has 1 amide bonds. The van der Waals surface area contributed by atoms with Crippen LogP contribution in [0.2, 0.25) is 0 Å². The number of carbonyl (C=O) groups excluding carboxylic acids is 1. The number of hydrogen-bond acceptors (Lipinski definition) is 5. The average Bonchev–Trinajstić information content (AvgIpc) is 3.23. The fraction of sp³-hybridized carbons (Fsp3) is 0.150. The summed E-state index contributed by atoms with van der Waals surface area (Å²) in [5.41, 5.74) is 2.08. The van der Waals surface area contributed by atoms with E-state index in [2.05, 4.69) is 20.4 Å². The molecule has 0 saturated carbocycles. The summed E-state index contributed by atoms with van der Waals surface area (Å²) < 4.78 is 3.09. The molecule has 0 aliphatic heterocycles. The molecule has 1 N–H and O–H groups in total. The second kappa shape index (κ2) is 7.43. The maximum Gasteiger partial charge on any atom is 0.261 e. The molecule has 4 aromatic rings. The maximum absolute atomic E-state index is 12.6. The van der Waals surface area contributed by atoms with E-state index >= 15 is 0 Å². The van der Waals surface area contributed by atoms with Crippen molar-refractivity contribution in [3.8, 4) is 5.82 Å². The number of anilines is 1. The third-order valence-corrected chi connectivity index (χ3v) is 4.41. The van der Waals surface area contributed by atoms with Crippen molar-refractivity contribution in [3.05, 3.63) is 77.2 Å². The zero-order valence-electron chi connectivity index (χ0n) is 15.2. The van der Waals surface area contributed by atoms with E-state index < -0.39 is 0 Å². The number of nitrogens with zero attached hydrogens (tertiary/aromatic N) is 5. The van der Waals surface area contributed by atoms with E-state index in [4.69, 9.17) is 0 Å². The largest absolute Gasteiger partial charge is 0.325 e. The summed E-state index contributed by atoms with van der Waals surface area (Å²) in [6, 6.07) is 10.8. The minimum absolute atomic E-state index is 0.147. The van der Waals surface area contributed by atoms with Gasteiger partial charge < -0.3 is 5.32 Å². The normalized spacial score (nSPS) is 10.9. The highest BCUT2D eigenvalue weighted by Crippen LogP contribution is 2.12. The number of carbonyl (C=O) groups is 1. The third-order valence-electron chi connectivity index (χ3n) is 4.41. The van der Waals surface area contributed by atoms with E-state index in [0.29, 0.717) is 22.4 Å². The Hall–Kier alpha value is -3.81. The molecule has 0 atom stereocenters. The average molecular weight is 374 g/mol. The van der Waals surface area contributed by atoms with Crippen molar-refractivity contribution in [3.63, 3.8) is 0 Å². The molecule has 3 aromatic heterocycles.